The van der Waals surface area contributed by atoms with Gasteiger partial charge in [0.15, 0.2) is 0 Å². The molecule has 1 unspecified atom stereocenters. The molecule has 0 radical (unpaired) electrons. The zero-order chi connectivity index (χ0) is 12.3. The monoisotopic (exact) mass is 238 g/mol. The van der Waals surface area contributed by atoms with E-state index in [0.29, 0.717) is 6.10 Å². The average Bonchev–Trinajstić information content (AvgIpc) is 2.88. The van der Waals surface area contributed by atoms with Crippen molar-refractivity contribution in [3.8, 4) is 0 Å². The van der Waals surface area contributed by atoms with Crippen molar-refractivity contribution in [3.05, 3.63) is 5.69 Å². The zero-order valence-corrected chi connectivity index (χ0v) is 10.7. The Hall–Kier alpha value is -1.23. The summed E-state index contributed by atoms with van der Waals surface area (Å²) >= 11 is 0. The highest BCUT2D eigenvalue weighted by Gasteiger charge is 2.17. The van der Waals surface area contributed by atoms with Gasteiger partial charge in [0.05, 0.1) is 17.5 Å². The number of aromatic nitrogens is 2. The molecule has 0 amide bonds. The predicted octanol–water partition coefficient (Wildman–Crippen LogP) is 1.55. The SMILES string of the molecule is CCCc1nn(C)c(NCC2CCCO2)c1N. The molecule has 1 atom stereocenters. The maximum atomic E-state index is 6.09. The topological polar surface area (TPSA) is 65.1 Å². The molecule has 5 nitrogen and oxygen atoms in total. The minimum atomic E-state index is 0.318. The molecule has 3 N–H and O–H groups in total. The van der Waals surface area contributed by atoms with Gasteiger partial charge in [0.1, 0.15) is 5.82 Å². The van der Waals surface area contributed by atoms with Gasteiger partial charge in [-0.25, -0.2) is 0 Å². The molecule has 2 heterocycles. The smallest absolute Gasteiger partial charge is 0.147 e. The Kier molecular flexibility index (Phi) is 3.89. The number of nitrogen functional groups attached to an aromatic ring is 1. The molecule has 0 saturated carbocycles. The molecule has 0 aliphatic carbocycles. The predicted molar refractivity (Wildman–Crippen MR) is 69.1 cm³/mol. The summed E-state index contributed by atoms with van der Waals surface area (Å²) in [5.41, 5.74) is 7.86. The van der Waals surface area contributed by atoms with Crippen LogP contribution in [0.1, 0.15) is 31.9 Å². The van der Waals surface area contributed by atoms with E-state index in [2.05, 4.69) is 17.3 Å². The van der Waals surface area contributed by atoms with E-state index in [1.165, 1.54) is 0 Å². The molecule has 2 rings (SSSR count). The fourth-order valence-corrected chi connectivity index (χ4v) is 2.24. The number of nitrogens with two attached hydrogens (primary N) is 1. The summed E-state index contributed by atoms with van der Waals surface area (Å²) in [5.74, 6) is 0.920. The van der Waals surface area contributed by atoms with Gasteiger partial charge in [0.25, 0.3) is 0 Å². The molecule has 1 aromatic heterocycles. The Morgan fingerprint density at radius 3 is 3.06 bits per heavy atom. The van der Waals surface area contributed by atoms with E-state index in [1.807, 2.05) is 11.7 Å². The minimum Gasteiger partial charge on any atom is -0.394 e. The highest BCUT2D eigenvalue weighted by molar-refractivity contribution is 5.65. The third-order valence-corrected chi connectivity index (χ3v) is 3.17. The molecule has 96 valence electrons. The van der Waals surface area contributed by atoms with Crippen molar-refractivity contribution in [1.29, 1.82) is 0 Å². The number of nitrogens with one attached hydrogen (secondary N) is 1. The van der Waals surface area contributed by atoms with E-state index in [4.69, 9.17) is 10.5 Å². The van der Waals surface area contributed by atoms with Crippen molar-refractivity contribution in [3.63, 3.8) is 0 Å². The van der Waals surface area contributed by atoms with E-state index in [-0.39, 0.29) is 0 Å². The van der Waals surface area contributed by atoms with Gasteiger partial charge in [-0.15, -0.1) is 0 Å². The number of hydrogen-bond donors (Lipinski definition) is 2. The second kappa shape index (κ2) is 5.40. The third kappa shape index (κ3) is 2.72. The summed E-state index contributed by atoms with van der Waals surface area (Å²) in [5, 5.41) is 7.79. The Morgan fingerprint density at radius 1 is 1.59 bits per heavy atom. The van der Waals surface area contributed by atoms with Crippen LogP contribution in [0.3, 0.4) is 0 Å². The van der Waals surface area contributed by atoms with Gasteiger partial charge < -0.3 is 15.8 Å². The van der Waals surface area contributed by atoms with Gasteiger partial charge in [0, 0.05) is 20.2 Å². The lowest BCUT2D eigenvalue weighted by molar-refractivity contribution is 0.120. The summed E-state index contributed by atoms with van der Waals surface area (Å²) in [6, 6.07) is 0. The first-order chi connectivity index (χ1) is 8.22. The Balaban J connectivity index is 1.99. The van der Waals surface area contributed by atoms with Crippen LogP contribution >= 0.6 is 0 Å². The molecule has 1 saturated heterocycles. The Morgan fingerprint density at radius 2 is 2.41 bits per heavy atom. The largest absolute Gasteiger partial charge is 0.394 e. The fourth-order valence-electron chi connectivity index (χ4n) is 2.24. The minimum absolute atomic E-state index is 0.318. The van der Waals surface area contributed by atoms with Crippen molar-refractivity contribution in [1.82, 2.24) is 9.78 Å². The van der Waals surface area contributed by atoms with Crippen LogP contribution in [0, 0.1) is 0 Å². The average molecular weight is 238 g/mol. The van der Waals surface area contributed by atoms with Crippen LogP contribution in [-0.2, 0) is 18.2 Å². The molecule has 1 aliphatic heterocycles. The van der Waals surface area contributed by atoms with Crippen molar-refractivity contribution in [2.24, 2.45) is 7.05 Å². The van der Waals surface area contributed by atoms with Gasteiger partial charge >= 0.3 is 0 Å². The van der Waals surface area contributed by atoms with Crippen LogP contribution in [0.2, 0.25) is 0 Å². The van der Waals surface area contributed by atoms with Crippen LogP contribution in [-0.4, -0.2) is 29.0 Å². The maximum absolute atomic E-state index is 6.09. The van der Waals surface area contributed by atoms with Crippen molar-refractivity contribution in [2.75, 3.05) is 24.2 Å². The Bertz CT molecular complexity index is 369. The first kappa shape index (κ1) is 12.2. The summed E-state index contributed by atoms with van der Waals surface area (Å²) in [6.07, 6.45) is 4.60. The number of ether oxygens (including phenoxy) is 1. The van der Waals surface area contributed by atoms with E-state index in [1.54, 1.807) is 0 Å². The van der Waals surface area contributed by atoms with Crippen LogP contribution in [0.4, 0.5) is 11.5 Å². The van der Waals surface area contributed by atoms with E-state index in [9.17, 15) is 0 Å². The Labute approximate surface area is 102 Å². The van der Waals surface area contributed by atoms with Crippen LogP contribution in [0.15, 0.2) is 0 Å². The first-order valence-electron chi connectivity index (χ1n) is 6.39. The van der Waals surface area contributed by atoms with Gasteiger partial charge in [0.2, 0.25) is 0 Å². The first-order valence-corrected chi connectivity index (χ1v) is 6.39. The number of rotatable bonds is 5. The van der Waals surface area contributed by atoms with Crippen LogP contribution < -0.4 is 11.1 Å². The second-order valence-electron chi connectivity index (χ2n) is 4.60. The van der Waals surface area contributed by atoms with Gasteiger partial charge in [-0.05, 0) is 19.3 Å². The van der Waals surface area contributed by atoms with E-state index >= 15 is 0 Å². The van der Waals surface area contributed by atoms with Gasteiger partial charge in [-0.2, -0.15) is 5.10 Å². The molecular formula is C12H22N4O. The van der Waals surface area contributed by atoms with Gasteiger partial charge in [-0.3, -0.25) is 4.68 Å². The number of anilines is 2. The maximum Gasteiger partial charge on any atom is 0.147 e. The molecule has 1 aliphatic rings. The highest BCUT2D eigenvalue weighted by atomic mass is 16.5. The molecule has 0 bridgehead atoms. The lowest BCUT2D eigenvalue weighted by Crippen LogP contribution is -2.20. The van der Waals surface area contributed by atoms with E-state index < -0.39 is 0 Å². The van der Waals surface area contributed by atoms with Crippen molar-refractivity contribution in [2.45, 2.75) is 38.7 Å². The molecule has 1 fully saturated rings. The standard InChI is InChI=1S/C12H22N4O/c1-3-5-10-11(13)12(16(2)15-10)14-8-9-6-4-7-17-9/h9,14H,3-8,13H2,1-2H3. The molecule has 1 aromatic rings. The lowest BCUT2D eigenvalue weighted by Gasteiger charge is -2.12. The van der Waals surface area contributed by atoms with Crippen molar-refractivity contribution >= 4 is 11.5 Å². The van der Waals surface area contributed by atoms with Crippen molar-refractivity contribution < 1.29 is 4.74 Å². The highest BCUT2D eigenvalue weighted by Crippen LogP contribution is 2.23. The van der Waals surface area contributed by atoms with E-state index in [0.717, 1.165) is 56.0 Å². The quantitative estimate of drug-likeness (QED) is 0.816. The third-order valence-electron chi connectivity index (χ3n) is 3.17. The normalized spacial score (nSPS) is 19.8. The fraction of sp³-hybridized carbons (Fsp3) is 0.750. The summed E-state index contributed by atoms with van der Waals surface area (Å²) < 4.78 is 7.40. The number of hydrogen-bond acceptors (Lipinski definition) is 4. The van der Waals surface area contributed by atoms with Gasteiger partial charge in [-0.1, -0.05) is 13.3 Å². The molecule has 5 heteroatoms. The summed E-state index contributed by atoms with van der Waals surface area (Å²) in [7, 11) is 1.92. The number of nitrogens with zero attached hydrogens (tertiary/aromatic N) is 2. The molecule has 0 spiro atoms. The summed E-state index contributed by atoms with van der Waals surface area (Å²) in [6.45, 7) is 3.83. The molecular weight excluding hydrogens is 216 g/mol. The second-order valence-corrected chi connectivity index (χ2v) is 4.60. The summed E-state index contributed by atoms with van der Waals surface area (Å²) in [4.78, 5) is 0. The lowest BCUT2D eigenvalue weighted by atomic mass is 10.2. The van der Waals surface area contributed by atoms with Crippen LogP contribution in [0.5, 0.6) is 0 Å². The number of aryl methyl sites for hydroxylation is 2. The molecule has 17 heavy (non-hydrogen) atoms. The zero-order valence-electron chi connectivity index (χ0n) is 10.7. The van der Waals surface area contributed by atoms with Crippen LogP contribution in [0.25, 0.3) is 0 Å². The molecule has 0 aromatic carbocycles.